The zero-order valence-electron chi connectivity index (χ0n) is 11.3. The van der Waals surface area contributed by atoms with E-state index < -0.39 is 23.6 Å². The van der Waals surface area contributed by atoms with Crippen LogP contribution in [0, 0.1) is 17.7 Å². The smallest absolute Gasteiger partial charge is 0.307 e. The first-order valence-electron chi connectivity index (χ1n) is 6.63. The summed E-state index contributed by atoms with van der Waals surface area (Å²) in [4.78, 5) is 27.2. The van der Waals surface area contributed by atoms with Crippen LogP contribution in [0.15, 0.2) is 18.2 Å². The second-order valence-corrected chi connectivity index (χ2v) is 5.25. The number of carboxylic acid groups (broad SMARTS) is 1. The largest absolute Gasteiger partial charge is 0.481 e. The summed E-state index contributed by atoms with van der Waals surface area (Å²) in [5.74, 6) is -2.57. The van der Waals surface area contributed by atoms with Crippen molar-refractivity contribution in [2.24, 2.45) is 18.9 Å². The second kappa shape index (κ2) is 4.83. The molecule has 110 valence electrons. The van der Waals surface area contributed by atoms with E-state index in [4.69, 9.17) is 5.11 Å². The minimum Gasteiger partial charge on any atom is -0.481 e. The van der Waals surface area contributed by atoms with E-state index >= 15 is 0 Å². The predicted octanol–water partition coefficient (Wildman–Crippen LogP) is 1.76. The molecule has 0 bridgehead atoms. The molecule has 1 amide bonds. The molecule has 2 aromatic rings. The lowest BCUT2D eigenvalue weighted by Gasteiger charge is -2.31. The molecule has 1 aliphatic rings. The third-order valence-electron chi connectivity index (χ3n) is 4.01. The van der Waals surface area contributed by atoms with Gasteiger partial charge in [-0.3, -0.25) is 14.9 Å². The molecule has 0 radical (unpaired) electrons. The van der Waals surface area contributed by atoms with Crippen molar-refractivity contribution < 1.29 is 19.1 Å². The lowest BCUT2D eigenvalue weighted by molar-refractivity contribution is -0.151. The van der Waals surface area contributed by atoms with E-state index in [2.05, 4.69) is 10.3 Å². The average molecular weight is 291 g/mol. The number of halogens is 1. The molecule has 2 atom stereocenters. The fourth-order valence-corrected chi connectivity index (χ4v) is 2.60. The number of nitrogens with one attached hydrogen (secondary N) is 1. The molecule has 0 spiro atoms. The Morgan fingerprint density at radius 2 is 2.10 bits per heavy atom. The highest BCUT2D eigenvalue weighted by Gasteiger charge is 2.41. The van der Waals surface area contributed by atoms with Gasteiger partial charge in [0.1, 0.15) is 5.82 Å². The number of nitrogens with zero attached hydrogens (tertiary/aromatic N) is 2. The number of carbonyl (C=O) groups excluding carboxylic acids is 1. The molecular formula is C14H14FN3O3. The Kier molecular flexibility index (Phi) is 3.12. The maximum Gasteiger partial charge on any atom is 0.307 e. The van der Waals surface area contributed by atoms with Crippen LogP contribution in [0.4, 0.5) is 10.3 Å². The van der Waals surface area contributed by atoms with E-state index in [0.717, 1.165) is 0 Å². The summed E-state index contributed by atoms with van der Waals surface area (Å²) in [6.07, 6.45) is 1.07. The third-order valence-corrected chi connectivity index (χ3v) is 4.01. The van der Waals surface area contributed by atoms with Crippen LogP contribution in [0.25, 0.3) is 11.0 Å². The Bertz CT molecular complexity index is 740. The van der Waals surface area contributed by atoms with Crippen LogP contribution in [0.1, 0.15) is 12.8 Å². The molecule has 2 unspecified atom stereocenters. The fraction of sp³-hybridized carbons (Fsp3) is 0.357. The van der Waals surface area contributed by atoms with Crippen molar-refractivity contribution in [1.82, 2.24) is 9.55 Å². The van der Waals surface area contributed by atoms with E-state index in [-0.39, 0.29) is 11.9 Å². The van der Waals surface area contributed by atoms with Crippen molar-refractivity contribution in [2.45, 2.75) is 12.8 Å². The van der Waals surface area contributed by atoms with Crippen molar-refractivity contribution in [3.8, 4) is 0 Å². The number of amides is 1. The molecule has 1 aliphatic carbocycles. The maximum atomic E-state index is 13.2. The summed E-state index contributed by atoms with van der Waals surface area (Å²) < 4.78 is 14.8. The van der Waals surface area contributed by atoms with E-state index in [1.165, 1.54) is 12.1 Å². The van der Waals surface area contributed by atoms with Gasteiger partial charge in [-0.15, -0.1) is 0 Å². The molecule has 1 heterocycles. The van der Waals surface area contributed by atoms with Gasteiger partial charge < -0.3 is 9.67 Å². The first-order chi connectivity index (χ1) is 9.97. The number of carbonyl (C=O) groups is 2. The average Bonchev–Trinajstić information content (AvgIpc) is 2.63. The summed E-state index contributed by atoms with van der Waals surface area (Å²) in [6.45, 7) is 0. The molecule has 1 aromatic carbocycles. The van der Waals surface area contributed by atoms with Gasteiger partial charge in [0.25, 0.3) is 0 Å². The van der Waals surface area contributed by atoms with Gasteiger partial charge >= 0.3 is 5.97 Å². The molecule has 0 saturated heterocycles. The van der Waals surface area contributed by atoms with Gasteiger partial charge in [0.05, 0.1) is 22.9 Å². The monoisotopic (exact) mass is 291 g/mol. The van der Waals surface area contributed by atoms with Gasteiger partial charge in [0.15, 0.2) is 0 Å². The number of carboxylic acids is 1. The van der Waals surface area contributed by atoms with Gasteiger partial charge in [-0.25, -0.2) is 9.37 Å². The van der Waals surface area contributed by atoms with E-state index in [9.17, 15) is 14.0 Å². The highest BCUT2D eigenvalue weighted by molar-refractivity contribution is 5.96. The zero-order chi connectivity index (χ0) is 15.1. The molecule has 1 aromatic heterocycles. The number of aliphatic carboxylic acids is 1. The van der Waals surface area contributed by atoms with Crippen LogP contribution in [-0.4, -0.2) is 26.5 Å². The van der Waals surface area contributed by atoms with Crippen molar-refractivity contribution in [3.05, 3.63) is 24.0 Å². The van der Waals surface area contributed by atoms with Crippen LogP contribution in [0.3, 0.4) is 0 Å². The standard InChI is InChI=1S/C14H14FN3O3/c1-18-11-5-2-7(15)6-10(11)16-14(18)17-12(19)8-3-4-9(8)13(20)21/h2,5-6,8-9H,3-4H2,1H3,(H,20,21)(H,16,17,19). The highest BCUT2D eigenvalue weighted by Crippen LogP contribution is 2.35. The molecule has 3 rings (SSSR count). The number of aryl methyl sites for hydroxylation is 1. The number of hydrogen-bond acceptors (Lipinski definition) is 3. The van der Waals surface area contributed by atoms with Gasteiger partial charge in [-0.2, -0.15) is 0 Å². The summed E-state index contributed by atoms with van der Waals surface area (Å²) in [5.41, 5.74) is 1.13. The van der Waals surface area contributed by atoms with E-state index in [1.807, 2.05) is 0 Å². The normalized spacial score (nSPS) is 21.0. The fourth-order valence-electron chi connectivity index (χ4n) is 2.60. The number of rotatable bonds is 3. The molecule has 1 saturated carbocycles. The Morgan fingerprint density at radius 1 is 1.38 bits per heavy atom. The summed E-state index contributed by atoms with van der Waals surface area (Å²) in [7, 11) is 1.71. The Hall–Kier alpha value is -2.44. The van der Waals surface area contributed by atoms with Gasteiger partial charge in [0, 0.05) is 13.1 Å². The molecular weight excluding hydrogens is 277 g/mol. The third kappa shape index (κ3) is 2.24. The summed E-state index contributed by atoms with van der Waals surface area (Å²) >= 11 is 0. The topological polar surface area (TPSA) is 84.2 Å². The Morgan fingerprint density at radius 3 is 2.71 bits per heavy atom. The molecule has 0 aliphatic heterocycles. The second-order valence-electron chi connectivity index (χ2n) is 5.25. The van der Waals surface area contributed by atoms with Crippen molar-refractivity contribution >= 4 is 28.9 Å². The number of imidazole rings is 1. The van der Waals surface area contributed by atoms with Crippen LogP contribution >= 0.6 is 0 Å². The molecule has 2 N–H and O–H groups in total. The maximum absolute atomic E-state index is 13.2. The molecule has 21 heavy (non-hydrogen) atoms. The van der Waals surface area contributed by atoms with Crippen LogP contribution in [0.2, 0.25) is 0 Å². The Labute approximate surface area is 119 Å². The van der Waals surface area contributed by atoms with Crippen LogP contribution in [0.5, 0.6) is 0 Å². The molecule has 6 nitrogen and oxygen atoms in total. The number of anilines is 1. The van der Waals surface area contributed by atoms with Crippen molar-refractivity contribution in [1.29, 1.82) is 0 Å². The predicted molar refractivity (Wildman–Crippen MR) is 73.2 cm³/mol. The molecule has 1 fully saturated rings. The summed E-state index contributed by atoms with van der Waals surface area (Å²) in [6, 6.07) is 4.19. The first-order valence-corrected chi connectivity index (χ1v) is 6.63. The van der Waals surface area contributed by atoms with Crippen LogP contribution < -0.4 is 5.32 Å². The minimum atomic E-state index is -0.950. The van der Waals surface area contributed by atoms with Gasteiger partial charge in [0.2, 0.25) is 11.9 Å². The number of benzene rings is 1. The van der Waals surface area contributed by atoms with Crippen molar-refractivity contribution in [2.75, 3.05) is 5.32 Å². The number of hydrogen-bond donors (Lipinski definition) is 2. The summed E-state index contributed by atoms with van der Waals surface area (Å²) in [5, 5.41) is 11.6. The first kappa shape index (κ1) is 13.5. The Balaban J connectivity index is 1.83. The van der Waals surface area contributed by atoms with E-state index in [1.54, 1.807) is 17.7 Å². The number of aromatic nitrogens is 2. The van der Waals surface area contributed by atoms with Crippen LogP contribution in [-0.2, 0) is 16.6 Å². The van der Waals surface area contributed by atoms with Gasteiger partial charge in [-0.1, -0.05) is 0 Å². The van der Waals surface area contributed by atoms with Crippen molar-refractivity contribution in [3.63, 3.8) is 0 Å². The number of fused-ring (bicyclic) bond motifs is 1. The van der Waals surface area contributed by atoms with Gasteiger partial charge in [-0.05, 0) is 25.0 Å². The lowest BCUT2D eigenvalue weighted by Crippen LogP contribution is -2.41. The molecule has 7 heteroatoms. The quantitative estimate of drug-likeness (QED) is 0.902. The SMILES string of the molecule is Cn1c(NC(=O)C2CCC2C(=O)O)nc2cc(F)ccc21. The zero-order valence-corrected chi connectivity index (χ0v) is 11.3. The van der Waals surface area contributed by atoms with E-state index in [0.29, 0.717) is 23.9 Å². The lowest BCUT2D eigenvalue weighted by atomic mass is 9.73. The minimum absolute atomic E-state index is 0.289. The highest BCUT2D eigenvalue weighted by atomic mass is 19.1.